The Balaban J connectivity index is 1.70. The normalized spacial score (nSPS) is 19.2. The summed E-state index contributed by atoms with van der Waals surface area (Å²) in [6.45, 7) is 6.07. The first-order valence-corrected chi connectivity index (χ1v) is 7.42. The first kappa shape index (κ1) is 13.9. The van der Waals surface area contributed by atoms with Crippen molar-refractivity contribution >= 4 is 5.95 Å². The summed E-state index contributed by atoms with van der Waals surface area (Å²) in [6, 6.07) is 0. The van der Waals surface area contributed by atoms with Gasteiger partial charge in [0.15, 0.2) is 5.82 Å². The van der Waals surface area contributed by atoms with Gasteiger partial charge in [0, 0.05) is 19.5 Å². The van der Waals surface area contributed by atoms with Gasteiger partial charge >= 0.3 is 0 Å². The van der Waals surface area contributed by atoms with Gasteiger partial charge in [0.1, 0.15) is 12.7 Å². The second kappa shape index (κ2) is 6.15. The zero-order valence-corrected chi connectivity index (χ0v) is 12.4. The summed E-state index contributed by atoms with van der Waals surface area (Å²) in [5.74, 6) is 3.05. The Kier molecular flexibility index (Phi) is 4.08. The Morgan fingerprint density at radius 1 is 1.33 bits per heavy atom. The van der Waals surface area contributed by atoms with Gasteiger partial charge in [0.05, 0.1) is 5.92 Å². The Morgan fingerprint density at radius 2 is 2.14 bits per heavy atom. The van der Waals surface area contributed by atoms with Gasteiger partial charge in [-0.05, 0) is 18.8 Å². The lowest BCUT2D eigenvalue weighted by Crippen LogP contribution is -2.35. The standard InChI is InChI=1S/C14H20N6O/c1-10(2)6-12-18-13(21-19-12)11-4-3-5-20(7-11)14-16-8-15-9-17-14/h8-11H,3-7H2,1-2H3/t11-/m1/s1. The zero-order valence-electron chi connectivity index (χ0n) is 12.4. The minimum atomic E-state index is 0.254. The molecule has 3 heterocycles. The van der Waals surface area contributed by atoms with Gasteiger partial charge in [-0.2, -0.15) is 4.98 Å². The van der Waals surface area contributed by atoms with Gasteiger partial charge in [0.25, 0.3) is 0 Å². The quantitative estimate of drug-likeness (QED) is 0.849. The number of piperidine rings is 1. The van der Waals surface area contributed by atoms with E-state index in [2.05, 4.69) is 43.8 Å². The van der Waals surface area contributed by atoms with Gasteiger partial charge < -0.3 is 9.42 Å². The van der Waals surface area contributed by atoms with Gasteiger partial charge in [-0.1, -0.05) is 19.0 Å². The Hall–Kier alpha value is -2.05. The van der Waals surface area contributed by atoms with Gasteiger partial charge in [0.2, 0.25) is 11.8 Å². The Morgan fingerprint density at radius 3 is 2.90 bits per heavy atom. The van der Waals surface area contributed by atoms with Crippen LogP contribution in [0.2, 0.25) is 0 Å². The molecular weight excluding hydrogens is 268 g/mol. The molecule has 0 unspecified atom stereocenters. The highest BCUT2D eigenvalue weighted by Crippen LogP contribution is 2.27. The molecule has 7 nitrogen and oxygen atoms in total. The van der Waals surface area contributed by atoms with E-state index in [0.717, 1.165) is 50.0 Å². The lowest BCUT2D eigenvalue weighted by Gasteiger charge is -2.30. The van der Waals surface area contributed by atoms with Gasteiger partial charge in [-0.15, -0.1) is 0 Å². The predicted octanol–water partition coefficient (Wildman–Crippen LogP) is 1.84. The topological polar surface area (TPSA) is 80.8 Å². The average molecular weight is 288 g/mol. The van der Waals surface area contributed by atoms with Crippen LogP contribution in [0.3, 0.4) is 0 Å². The van der Waals surface area contributed by atoms with E-state index < -0.39 is 0 Å². The maximum absolute atomic E-state index is 5.45. The van der Waals surface area contributed by atoms with Crippen molar-refractivity contribution in [3.63, 3.8) is 0 Å². The van der Waals surface area contributed by atoms with Crippen LogP contribution in [0, 0.1) is 5.92 Å². The number of rotatable bonds is 4. The molecule has 0 aromatic carbocycles. The largest absolute Gasteiger partial charge is 0.340 e. The van der Waals surface area contributed by atoms with E-state index >= 15 is 0 Å². The highest BCUT2D eigenvalue weighted by Gasteiger charge is 2.27. The SMILES string of the molecule is CC(C)Cc1noc([C@@H]2CCCN(c3ncncn3)C2)n1. The molecule has 0 N–H and O–H groups in total. The van der Waals surface area contributed by atoms with Crippen LogP contribution in [0.25, 0.3) is 0 Å². The molecule has 0 amide bonds. The second-order valence-electron chi connectivity index (χ2n) is 5.87. The van der Waals surface area contributed by atoms with E-state index in [1.54, 1.807) is 0 Å². The number of anilines is 1. The van der Waals surface area contributed by atoms with E-state index in [4.69, 9.17) is 4.52 Å². The van der Waals surface area contributed by atoms with Crippen LogP contribution in [0.1, 0.15) is 44.3 Å². The molecule has 0 bridgehead atoms. The molecule has 0 spiro atoms. The molecule has 2 aromatic rings. The molecule has 1 saturated heterocycles. The molecule has 3 rings (SSSR count). The highest BCUT2D eigenvalue weighted by molar-refractivity contribution is 5.29. The van der Waals surface area contributed by atoms with E-state index in [-0.39, 0.29) is 5.92 Å². The maximum atomic E-state index is 5.45. The molecule has 1 atom stereocenters. The highest BCUT2D eigenvalue weighted by atomic mass is 16.5. The molecule has 1 aliphatic heterocycles. The van der Waals surface area contributed by atoms with E-state index in [1.165, 1.54) is 12.7 Å². The molecule has 7 heteroatoms. The third-order valence-electron chi connectivity index (χ3n) is 3.61. The summed E-state index contributed by atoms with van der Waals surface area (Å²) < 4.78 is 5.45. The lowest BCUT2D eigenvalue weighted by molar-refractivity contribution is 0.329. The number of aromatic nitrogens is 5. The van der Waals surface area contributed by atoms with Crippen LogP contribution in [-0.4, -0.2) is 38.2 Å². The minimum Gasteiger partial charge on any atom is -0.340 e. The van der Waals surface area contributed by atoms with Crippen LogP contribution < -0.4 is 4.90 Å². The van der Waals surface area contributed by atoms with E-state index in [9.17, 15) is 0 Å². The van der Waals surface area contributed by atoms with Crippen molar-refractivity contribution in [2.24, 2.45) is 5.92 Å². The molecule has 1 aliphatic rings. The van der Waals surface area contributed by atoms with Crippen molar-refractivity contribution < 1.29 is 4.52 Å². The van der Waals surface area contributed by atoms with Gasteiger partial charge in [-0.25, -0.2) is 15.0 Å². The Bertz CT molecular complexity index is 570. The van der Waals surface area contributed by atoms with Crippen molar-refractivity contribution in [3.05, 3.63) is 24.4 Å². The maximum Gasteiger partial charge on any atom is 0.231 e. The van der Waals surface area contributed by atoms with Gasteiger partial charge in [-0.3, -0.25) is 0 Å². The number of nitrogens with zero attached hydrogens (tertiary/aromatic N) is 6. The summed E-state index contributed by atoms with van der Waals surface area (Å²) >= 11 is 0. The van der Waals surface area contributed by atoms with Crippen molar-refractivity contribution in [2.75, 3.05) is 18.0 Å². The monoisotopic (exact) mass is 288 g/mol. The van der Waals surface area contributed by atoms with Crippen molar-refractivity contribution in [3.8, 4) is 0 Å². The van der Waals surface area contributed by atoms with Crippen molar-refractivity contribution in [1.29, 1.82) is 0 Å². The summed E-state index contributed by atoms with van der Waals surface area (Å²) in [4.78, 5) is 19.0. The van der Waals surface area contributed by atoms with E-state index in [1.807, 2.05) is 0 Å². The smallest absolute Gasteiger partial charge is 0.231 e. The fourth-order valence-corrected chi connectivity index (χ4v) is 2.64. The fraction of sp³-hybridized carbons (Fsp3) is 0.643. The van der Waals surface area contributed by atoms with Crippen LogP contribution >= 0.6 is 0 Å². The molecule has 2 aromatic heterocycles. The molecular formula is C14H20N6O. The van der Waals surface area contributed by atoms with Crippen molar-refractivity contribution in [2.45, 2.75) is 39.0 Å². The summed E-state index contributed by atoms with van der Waals surface area (Å²) in [6.07, 6.45) is 6.04. The molecule has 112 valence electrons. The fourth-order valence-electron chi connectivity index (χ4n) is 2.64. The average Bonchev–Trinajstić information content (AvgIpc) is 2.96. The zero-order chi connectivity index (χ0) is 14.7. The third kappa shape index (κ3) is 3.34. The minimum absolute atomic E-state index is 0.254. The Labute approximate surface area is 123 Å². The summed E-state index contributed by atoms with van der Waals surface area (Å²) in [7, 11) is 0. The molecule has 0 aliphatic carbocycles. The third-order valence-corrected chi connectivity index (χ3v) is 3.61. The van der Waals surface area contributed by atoms with Crippen LogP contribution in [0.5, 0.6) is 0 Å². The van der Waals surface area contributed by atoms with Crippen molar-refractivity contribution in [1.82, 2.24) is 25.1 Å². The molecule has 1 fully saturated rings. The van der Waals surface area contributed by atoms with E-state index in [0.29, 0.717) is 5.92 Å². The lowest BCUT2D eigenvalue weighted by atomic mass is 9.98. The first-order valence-electron chi connectivity index (χ1n) is 7.42. The second-order valence-corrected chi connectivity index (χ2v) is 5.87. The number of hydrogen-bond acceptors (Lipinski definition) is 7. The summed E-state index contributed by atoms with van der Waals surface area (Å²) in [5, 5.41) is 4.08. The number of hydrogen-bond donors (Lipinski definition) is 0. The summed E-state index contributed by atoms with van der Waals surface area (Å²) in [5.41, 5.74) is 0. The predicted molar refractivity (Wildman–Crippen MR) is 76.9 cm³/mol. The molecule has 0 saturated carbocycles. The first-order chi connectivity index (χ1) is 10.2. The van der Waals surface area contributed by atoms with Crippen LogP contribution in [0.15, 0.2) is 17.2 Å². The van der Waals surface area contributed by atoms with Crippen LogP contribution in [-0.2, 0) is 6.42 Å². The molecule has 21 heavy (non-hydrogen) atoms. The molecule has 0 radical (unpaired) electrons. The van der Waals surface area contributed by atoms with Crippen LogP contribution in [0.4, 0.5) is 5.95 Å².